The van der Waals surface area contributed by atoms with Gasteiger partial charge in [-0.1, -0.05) is 23.9 Å². The maximum Gasteiger partial charge on any atom is 0.257 e. The van der Waals surface area contributed by atoms with Crippen LogP contribution in [0.1, 0.15) is 6.92 Å². The summed E-state index contributed by atoms with van der Waals surface area (Å²) in [6.07, 6.45) is 0. The van der Waals surface area contributed by atoms with Crippen LogP contribution in [0.5, 0.6) is 0 Å². The Hall–Kier alpha value is -1.47. The third-order valence-corrected chi connectivity index (χ3v) is 3.71. The number of benzene rings is 1. The molecule has 1 aliphatic heterocycles. The van der Waals surface area contributed by atoms with Gasteiger partial charge in [0, 0.05) is 11.9 Å². The van der Waals surface area contributed by atoms with Crippen LogP contribution < -0.4 is 4.90 Å². The maximum atomic E-state index is 11.9. The Morgan fingerprint density at radius 3 is 2.80 bits per heavy atom. The van der Waals surface area contributed by atoms with Crippen molar-refractivity contribution < 1.29 is 4.79 Å². The molecule has 0 aromatic heterocycles. The summed E-state index contributed by atoms with van der Waals surface area (Å²) in [7, 11) is 1.70. The Morgan fingerprint density at radius 2 is 2.13 bits per heavy atom. The molecule has 1 aliphatic rings. The fraction of sp³-hybridized carbons (Fsp3) is 0.273. The Kier molecular flexibility index (Phi) is 2.20. The zero-order chi connectivity index (χ0) is 11.1. The number of hydrogen-bond donors (Lipinski definition) is 0. The molecule has 4 heteroatoms. The highest BCUT2D eigenvalue weighted by atomic mass is 32.2. The molecule has 2 rings (SSSR count). The minimum Gasteiger partial charge on any atom is -0.312 e. The number of anilines is 1. The normalized spacial score (nSPS) is 24.6. The number of thioether (sulfide) groups is 1. The summed E-state index contributed by atoms with van der Waals surface area (Å²) in [6.45, 7) is 1.66. The van der Waals surface area contributed by atoms with Gasteiger partial charge in [0.05, 0.1) is 11.8 Å². The molecule has 1 amide bonds. The molecule has 0 N–H and O–H groups in total. The average Bonchev–Trinajstić information content (AvgIpc) is 2.26. The number of nitriles is 1. The van der Waals surface area contributed by atoms with E-state index in [4.69, 9.17) is 5.26 Å². The third kappa shape index (κ3) is 1.40. The lowest BCUT2D eigenvalue weighted by atomic mass is 10.1. The zero-order valence-electron chi connectivity index (χ0n) is 8.52. The van der Waals surface area contributed by atoms with Gasteiger partial charge in [0.2, 0.25) is 0 Å². The van der Waals surface area contributed by atoms with Crippen molar-refractivity contribution in [2.45, 2.75) is 16.6 Å². The molecule has 1 heterocycles. The fourth-order valence-corrected chi connectivity index (χ4v) is 2.75. The second-order valence-electron chi connectivity index (χ2n) is 3.58. The van der Waals surface area contributed by atoms with E-state index in [0.29, 0.717) is 0 Å². The van der Waals surface area contributed by atoms with Crippen molar-refractivity contribution in [2.75, 3.05) is 11.9 Å². The molecule has 1 aromatic carbocycles. The Bertz CT molecular complexity index is 466. The van der Waals surface area contributed by atoms with Crippen molar-refractivity contribution in [2.24, 2.45) is 0 Å². The van der Waals surface area contributed by atoms with Crippen LogP contribution in [-0.4, -0.2) is 17.7 Å². The van der Waals surface area contributed by atoms with Crippen LogP contribution in [0.2, 0.25) is 0 Å². The molecule has 0 radical (unpaired) electrons. The molecule has 1 unspecified atom stereocenters. The Labute approximate surface area is 92.7 Å². The predicted molar refractivity (Wildman–Crippen MR) is 59.7 cm³/mol. The van der Waals surface area contributed by atoms with E-state index in [1.807, 2.05) is 24.3 Å². The monoisotopic (exact) mass is 218 g/mol. The number of rotatable bonds is 0. The summed E-state index contributed by atoms with van der Waals surface area (Å²) in [5.74, 6) is -0.159. The van der Waals surface area contributed by atoms with Gasteiger partial charge in [0.25, 0.3) is 5.91 Å². The van der Waals surface area contributed by atoms with E-state index >= 15 is 0 Å². The number of nitrogens with zero attached hydrogens (tertiary/aromatic N) is 2. The highest BCUT2D eigenvalue weighted by Crippen LogP contribution is 2.43. The largest absolute Gasteiger partial charge is 0.312 e. The van der Waals surface area contributed by atoms with E-state index in [0.717, 1.165) is 10.6 Å². The number of carbonyl (C=O) groups excluding carboxylic acids is 1. The molecule has 0 spiro atoms. The lowest BCUT2D eigenvalue weighted by Gasteiger charge is -2.33. The van der Waals surface area contributed by atoms with Crippen molar-refractivity contribution in [3.05, 3.63) is 24.3 Å². The standard InChI is InChI=1S/C11H10N2OS/c1-11(7-12)10(14)13(2)8-5-3-4-6-9(8)15-11/h3-6H,1-2H3. The van der Waals surface area contributed by atoms with E-state index < -0.39 is 4.75 Å². The molecule has 0 saturated heterocycles. The molecule has 0 saturated carbocycles. The van der Waals surface area contributed by atoms with Crippen molar-refractivity contribution >= 4 is 23.4 Å². The van der Waals surface area contributed by atoms with Gasteiger partial charge in [-0.25, -0.2) is 0 Å². The quantitative estimate of drug-likeness (QED) is 0.669. The number of carbonyl (C=O) groups is 1. The maximum absolute atomic E-state index is 11.9. The van der Waals surface area contributed by atoms with Crippen LogP contribution in [0.3, 0.4) is 0 Å². The summed E-state index contributed by atoms with van der Waals surface area (Å²) in [5.41, 5.74) is 0.875. The molecule has 3 nitrogen and oxygen atoms in total. The van der Waals surface area contributed by atoms with Crippen LogP contribution in [0.15, 0.2) is 29.2 Å². The third-order valence-electron chi connectivity index (χ3n) is 2.47. The van der Waals surface area contributed by atoms with Gasteiger partial charge in [0.1, 0.15) is 0 Å². The topological polar surface area (TPSA) is 44.1 Å². The molecule has 0 bridgehead atoms. The molecule has 1 aromatic rings. The van der Waals surface area contributed by atoms with Gasteiger partial charge < -0.3 is 4.90 Å². The lowest BCUT2D eigenvalue weighted by Crippen LogP contribution is -2.45. The van der Waals surface area contributed by atoms with Gasteiger partial charge >= 0.3 is 0 Å². The summed E-state index contributed by atoms with van der Waals surface area (Å²) < 4.78 is -0.997. The molecule has 15 heavy (non-hydrogen) atoms. The van der Waals surface area contributed by atoms with Crippen LogP contribution in [-0.2, 0) is 4.79 Å². The van der Waals surface area contributed by atoms with Gasteiger partial charge in [-0.15, -0.1) is 0 Å². The Morgan fingerprint density at radius 1 is 1.47 bits per heavy atom. The van der Waals surface area contributed by atoms with Crippen molar-refractivity contribution in [1.29, 1.82) is 5.26 Å². The van der Waals surface area contributed by atoms with E-state index in [-0.39, 0.29) is 5.91 Å². The molecular weight excluding hydrogens is 208 g/mol. The predicted octanol–water partition coefficient (Wildman–Crippen LogP) is 2.04. The minimum absolute atomic E-state index is 0.159. The summed E-state index contributed by atoms with van der Waals surface area (Å²) >= 11 is 1.32. The summed E-state index contributed by atoms with van der Waals surface area (Å²) in [6, 6.07) is 9.69. The summed E-state index contributed by atoms with van der Waals surface area (Å²) in [4.78, 5) is 14.4. The SMILES string of the molecule is CN1C(=O)C(C)(C#N)Sc2ccccc21. The van der Waals surface area contributed by atoms with Crippen LogP contribution in [0, 0.1) is 11.3 Å². The highest BCUT2D eigenvalue weighted by molar-refractivity contribution is 8.02. The summed E-state index contributed by atoms with van der Waals surface area (Å²) in [5, 5.41) is 9.05. The number of para-hydroxylation sites is 1. The first-order chi connectivity index (χ1) is 7.08. The van der Waals surface area contributed by atoms with Gasteiger partial charge in [-0.3, -0.25) is 4.79 Å². The van der Waals surface area contributed by atoms with Crippen LogP contribution in [0.4, 0.5) is 5.69 Å². The molecule has 0 aliphatic carbocycles. The van der Waals surface area contributed by atoms with Crippen molar-refractivity contribution in [3.63, 3.8) is 0 Å². The van der Waals surface area contributed by atoms with Crippen LogP contribution >= 0.6 is 11.8 Å². The molecule has 76 valence electrons. The molecule has 0 fully saturated rings. The Balaban J connectivity index is 2.56. The van der Waals surface area contributed by atoms with E-state index in [2.05, 4.69) is 6.07 Å². The fourth-order valence-electron chi connectivity index (χ4n) is 1.58. The van der Waals surface area contributed by atoms with Crippen molar-refractivity contribution in [1.82, 2.24) is 0 Å². The van der Waals surface area contributed by atoms with Gasteiger partial charge in [-0.05, 0) is 19.1 Å². The lowest BCUT2D eigenvalue weighted by molar-refractivity contribution is -0.119. The smallest absolute Gasteiger partial charge is 0.257 e. The number of fused-ring (bicyclic) bond motifs is 1. The zero-order valence-corrected chi connectivity index (χ0v) is 9.34. The first-order valence-corrected chi connectivity index (χ1v) is 5.37. The number of hydrogen-bond acceptors (Lipinski definition) is 3. The van der Waals surface area contributed by atoms with Crippen LogP contribution in [0.25, 0.3) is 0 Å². The van der Waals surface area contributed by atoms with E-state index in [1.54, 1.807) is 18.9 Å². The first-order valence-electron chi connectivity index (χ1n) is 4.56. The number of amides is 1. The van der Waals surface area contributed by atoms with E-state index in [9.17, 15) is 4.79 Å². The minimum atomic E-state index is -0.997. The highest BCUT2D eigenvalue weighted by Gasteiger charge is 2.42. The average molecular weight is 218 g/mol. The van der Waals surface area contributed by atoms with E-state index in [1.165, 1.54) is 11.8 Å². The molecule has 1 atom stereocenters. The van der Waals surface area contributed by atoms with Gasteiger partial charge in [-0.2, -0.15) is 5.26 Å². The van der Waals surface area contributed by atoms with Gasteiger partial charge in [0.15, 0.2) is 4.75 Å². The molecular formula is C11H10N2OS. The van der Waals surface area contributed by atoms with Crippen molar-refractivity contribution in [3.8, 4) is 6.07 Å². The second-order valence-corrected chi connectivity index (χ2v) is 5.04. The second kappa shape index (κ2) is 3.28. The first kappa shape index (κ1) is 10.1.